The van der Waals surface area contributed by atoms with Crippen molar-refractivity contribution in [2.24, 2.45) is 11.7 Å². The maximum absolute atomic E-state index is 5.88. The van der Waals surface area contributed by atoms with E-state index in [0.717, 1.165) is 19.1 Å². The lowest BCUT2D eigenvalue weighted by Gasteiger charge is -2.26. The van der Waals surface area contributed by atoms with Crippen LogP contribution in [-0.4, -0.2) is 24.0 Å². The van der Waals surface area contributed by atoms with Crippen LogP contribution in [0.5, 0.6) is 0 Å². The van der Waals surface area contributed by atoms with Crippen molar-refractivity contribution in [2.45, 2.75) is 45.2 Å². The van der Waals surface area contributed by atoms with Gasteiger partial charge in [-0.1, -0.05) is 13.3 Å². The third-order valence-corrected chi connectivity index (χ3v) is 4.28. The SMILES string of the molecule is CCCC(CN)CN(Cc1ccsc1)C1CC1. The van der Waals surface area contributed by atoms with E-state index < -0.39 is 0 Å². The fourth-order valence-electron chi connectivity index (χ4n) is 2.42. The Morgan fingerprint density at radius 1 is 1.53 bits per heavy atom. The summed E-state index contributed by atoms with van der Waals surface area (Å²) >= 11 is 1.80. The monoisotopic (exact) mass is 252 g/mol. The van der Waals surface area contributed by atoms with Crippen molar-refractivity contribution >= 4 is 11.3 Å². The number of nitrogens with zero attached hydrogens (tertiary/aromatic N) is 1. The van der Waals surface area contributed by atoms with Gasteiger partial charge in [0.05, 0.1) is 0 Å². The Labute approximate surface area is 109 Å². The fraction of sp³-hybridized carbons (Fsp3) is 0.714. The molecule has 2 rings (SSSR count). The average Bonchev–Trinajstić information content (AvgIpc) is 3.06. The molecule has 3 heteroatoms. The molecule has 1 aromatic rings. The number of hydrogen-bond donors (Lipinski definition) is 1. The van der Waals surface area contributed by atoms with E-state index in [1.165, 1.54) is 37.8 Å². The largest absolute Gasteiger partial charge is 0.330 e. The fourth-order valence-corrected chi connectivity index (χ4v) is 3.08. The third kappa shape index (κ3) is 4.09. The summed E-state index contributed by atoms with van der Waals surface area (Å²) < 4.78 is 0. The summed E-state index contributed by atoms with van der Waals surface area (Å²) in [5, 5.41) is 4.44. The van der Waals surface area contributed by atoms with Crippen molar-refractivity contribution in [2.75, 3.05) is 13.1 Å². The molecule has 1 saturated carbocycles. The van der Waals surface area contributed by atoms with Gasteiger partial charge in [0, 0.05) is 19.1 Å². The number of rotatable bonds is 8. The van der Waals surface area contributed by atoms with Gasteiger partial charge in [0.1, 0.15) is 0 Å². The van der Waals surface area contributed by atoms with Crippen LogP contribution in [0.3, 0.4) is 0 Å². The molecule has 1 heterocycles. The summed E-state index contributed by atoms with van der Waals surface area (Å²) in [6.45, 7) is 5.39. The summed E-state index contributed by atoms with van der Waals surface area (Å²) in [4.78, 5) is 2.65. The maximum Gasteiger partial charge on any atom is 0.0245 e. The standard InChI is InChI=1S/C14H24N2S/c1-2-3-12(8-15)9-16(14-4-5-14)10-13-6-7-17-11-13/h6-7,11-12,14H,2-5,8-10,15H2,1H3. The van der Waals surface area contributed by atoms with E-state index in [9.17, 15) is 0 Å². The van der Waals surface area contributed by atoms with Gasteiger partial charge in [0.2, 0.25) is 0 Å². The van der Waals surface area contributed by atoms with Gasteiger partial charge in [0.15, 0.2) is 0 Å². The predicted octanol–water partition coefficient (Wildman–Crippen LogP) is 3.09. The van der Waals surface area contributed by atoms with E-state index in [4.69, 9.17) is 5.73 Å². The van der Waals surface area contributed by atoms with Crippen molar-refractivity contribution in [1.82, 2.24) is 4.90 Å². The Kier molecular flexibility index (Phi) is 5.01. The van der Waals surface area contributed by atoms with Crippen LogP contribution in [0.1, 0.15) is 38.2 Å². The Hall–Kier alpha value is -0.380. The van der Waals surface area contributed by atoms with E-state index in [-0.39, 0.29) is 0 Å². The first-order chi connectivity index (χ1) is 8.33. The van der Waals surface area contributed by atoms with E-state index in [0.29, 0.717) is 5.92 Å². The first-order valence-corrected chi connectivity index (χ1v) is 7.73. The molecule has 0 aromatic carbocycles. The molecule has 0 amide bonds. The topological polar surface area (TPSA) is 29.3 Å². The second-order valence-electron chi connectivity index (χ2n) is 5.18. The van der Waals surface area contributed by atoms with Crippen LogP contribution < -0.4 is 5.73 Å². The van der Waals surface area contributed by atoms with Crippen LogP contribution in [0.2, 0.25) is 0 Å². The van der Waals surface area contributed by atoms with Crippen molar-refractivity contribution in [3.8, 4) is 0 Å². The molecule has 0 bridgehead atoms. The van der Waals surface area contributed by atoms with Gasteiger partial charge in [-0.15, -0.1) is 0 Å². The van der Waals surface area contributed by atoms with E-state index in [1.54, 1.807) is 11.3 Å². The second-order valence-corrected chi connectivity index (χ2v) is 5.96. The van der Waals surface area contributed by atoms with Crippen LogP contribution in [0.25, 0.3) is 0 Å². The highest BCUT2D eigenvalue weighted by molar-refractivity contribution is 7.07. The zero-order valence-corrected chi connectivity index (χ0v) is 11.6. The molecule has 1 aliphatic rings. The normalized spacial score (nSPS) is 17.6. The van der Waals surface area contributed by atoms with Gasteiger partial charge < -0.3 is 5.73 Å². The van der Waals surface area contributed by atoms with Gasteiger partial charge in [-0.05, 0) is 54.1 Å². The maximum atomic E-state index is 5.88. The zero-order valence-electron chi connectivity index (χ0n) is 10.8. The summed E-state index contributed by atoms with van der Waals surface area (Å²) in [6, 6.07) is 3.08. The van der Waals surface area contributed by atoms with Crippen molar-refractivity contribution < 1.29 is 0 Å². The molecule has 1 aliphatic carbocycles. The van der Waals surface area contributed by atoms with Gasteiger partial charge in [-0.25, -0.2) is 0 Å². The highest BCUT2D eigenvalue weighted by Gasteiger charge is 2.30. The Morgan fingerprint density at radius 2 is 2.35 bits per heavy atom. The quantitative estimate of drug-likeness (QED) is 0.770. The molecule has 96 valence electrons. The summed E-state index contributed by atoms with van der Waals surface area (Å²) in [6.07, 6.45) is 5.28. The molecule has 1 atom stereocenters. The molecule has 0 saturated heterocycles. The molecular weight excluding hydrogens is 228 g/mol. The van der Waals surface area contributed by atoms with E-state index in [1.807, 2.05) is 0 Å². The van der Waals surface area contributed by atoms with Crippen LogP contribution in [0, 0.1) is 5.92 Å². The number of nitrogens with two attached hydrogens (primary N) is 1. The first-order valence-electron chi connectivity index (χ1n) is 6.78. The molecule has 0 aliphatic heterocycles. The lowest BCUT2D eigenvalue weighted by atomic mass is 10.0. The highest BCUT2D eigenvalue weighted by atomic mass is 32.1. The first kappa shape index (κ1) is 13.1. The third-order valence-electron chi connectivity index (χ3n) is 3.55. The van der Waals surface area contributed by atoms with Gasteiger partial charge in [-0.2, -0.15) is 11.3 Å². The molecule has 1 fully saturated rings. The molecule has 1 aromatic heterocycles. The van der Waals surface area contributed by atoms with Crippen molar-refractivity contribution in [3.05, 3.63) is 22.4 Å². The van der Waals surface area contributed by atoms with E-state index in [2.05, 4.69) is 28.7 Å². The lowest BCUT2D eigenvalue weighted by molar-refractivity contribution is 0.209. The molecule has 2 N–H and O–H groups in total. The van der Waals surface area contributed by atoms with Gasteiger partial charge >= 0.3 is 0 Å². The summed E-state index contributed by atoms with van der Waals surface area (Å²) in [7, 11) is 0. The number of thiophene rings is 1. The van der Waals surface area contributed by atoms with Gasteiger partial charge in [-0.3, -0.25) is 4.90 Å². The number of hydrogen-bond acceptors (Lipinski definition) is 3. The van der Waals surface area contributed by atoms with Crippen LogP contribution in [0.15, 0.2) is 16.8 Å². The lowest BCUT2D eigenvalue weighted by Crippen LogP contribution is -2.34. The van der Waals surface area contributed by atoms with E-state index >= 15 is 0 Å². The molecule has 0 radical (unpaired) electrons. The van der Waals surface area contributed by atoms with Crippen LogP contribution in [-0.2, 0) is 6.54 Å². The predicted molar refractivity (Wildman–Crippen MR) is 75.2 cm³/mol. The molecule has 17 heavy (non-hydrogen) atoms. The Morgan fingerprint density at radius 3 is 2.88 bits per heavy atom. The van der Waals surface area contributed by atoms with Crippen molar-refractivity contribution in [1.29, 1.82) is 0 Å². The average molecular weight is 252 g/mol. The summed E-state index contributed by atoms with van der Waals surface area (Å²) in [5.74, 6) is 0.680. The molecule has 0 spiro atoms. The minimum Gasteiger partial charge on any atom is -0.330 e. The zero-order chi connectivity index (χ0) is 12.1. The summed E-state index contributed by atoms with van der Waals surface area (Å²) in [5.41, 5.74) is 7.34. The Bertz CT molecular complexity index is 306. The van der Waals surface area contributed by atoms with Crippen LogP contribution >= 0.6 is 11.3 Å². The van der Waals surface area contributed by atoms with Crippen LogP contribution in [0.4, 0.5) is 0 Å². The molecule has 2 nitrogen and oxygen atoms in total. The van der Waals surface area contributed by atoms with Gasteiger partial charge in [0.25, 0.3) is 0 Å². The minimum atomic E-state index is 0.680. The minimum absolute atomic E-state index is 0.680. The molecular formula is C14H24N2S. The molecule has 1 unspecified atom stereocenters. The highest BCUT2D eigenvalue weighted by Crippen LogP contribution is 2.29. The van der Waals surface area contributed by atoms with Crippen molar-refractivity contribution in [3.63, 3.8) is 0 Å². The Balaban J connectivity index is 1.88. The second kappa shape index (κ2) is 6.53. The smallest absolute Gasteiger partial charge is 0.0245 e.